The molecule has 0 spiro atoms. The first-order valence-electron chi connectivity index (χ1n) is 20.6. The zero-order valence-corrected chi connectivity index (χ0v) is 34.1. The normalized spacial score (nSPS) is 12.5. The maximum Gasteiger partial charge on any atom is 0.156 e. The van der Waals surface area contributed by atoms with Gasteiger partial charge in [-0.05, 0) is 82.9 Å². The zero-order valence-electron chi connectivity index (χ0n) is 34.1. The number of aromatic nitrogens is 6. The molecule has 0 saturated carbocycles. The first-order valence-corrected chi connectivity index (χ1v) is 20.6. The minimum absolute atomic E-state index is 0.266. The van der Waals surface area contributed by atoms with Crippen LogP contribution >= 0.6 is 0 Å². The number of nitrogens with zero attached hydrogens (tertiary/aromatic N) is 9. The molecule has 296 valence electrons. The molecule has 0 N–H and O–H groups in total. The fourth-order valence-electron chi connectivity index (χ4n) is 9.10. The monoisotopic (exact) mass is 801 g/mol. The molecule has 3 heterocycles. The summed E-state index contributed by atoms with van der Waals surface area (Å²) in [5.74, 6) is 2.07. The van der Waals surface area contributed by atoms with Gasteiger partial charge in [-0.15, -0.1) is 0 Å². The van der Waals surface area contributed by atoms with E-state index in [4.69, 9.17) is 15.0 Å². The molecule has 0 bridgehead atoms. The Kier molecular flexibility index (Phi) is 8.93. The van der Waals surface area contributed by atoms with Crippen LogP contribution < -0.4 is 14.7 Å². The third-order valence-electron chi connectivity index (χ3n) is 11.8. The van der Waals surface area contributed by atoms with Crippen molar-refractivity contribution in [2.75, 3.05) is 14.7 Å². The van der Waals surface area contributed by atoms with Gasteiger partial charge in [0.2, 0.25) is 0 Å². The smallest absolute Gasteiger partial charge is 0.156 e. The summed E-state index contributed by atoms with van der Waals surface area (Å²) in [6.45, 7) is 4.66. The predicted octanol–water partition coefficient (Wildman–Crippen LogP) is 13.1. The Balaban J connectivity index is 1.35. The number of benzene rings is 7. The van der Waals surface area contributed by atoms with Crippen molar-refractivity contribution in [2.24, 2.45) is 0 Å². The van der Waals surface area contributed by atoms with Crippen molar-refractivity contribution in [1.82, 2.24) is 29.9 Å². The maximum absolute atomic E-state index is 4.99. The fourth-order valence-corrected chi connectivity index (χ4v) is 9.10. The summed E-state index contributed by atoms with van der Waals surface area (Å²) in [6.07, 6.45) is 15.8. The fraction of sp³-hybridized carbons (Fsp3) is 0.0566. The van der Waals surface area contributed by atoms with Crippen LogP contribution in [0.4, 0.5) is 51.6 Å². The van der Waals surface area contributed by atoms with Gasteiger partial charge in [-0.3, -0.25) is 29.7 Å². The molecule has 0 atom stereocenters. The average Bonchev–Trinajstić information content (AvgIpc) is 3.56. The van der Waals surface area contributed by atoms with Crippen molar-refractivity contribution >= 4 is 73.1 Å². The van der Waals surface area contributed by atoms with E-state index in [-0.39, 0.29) is 5.41 Å². The number of fused-ring (bicyclic) bond motifs is 5. The molecule has 1 aliphatic rings. The van der Waals surface area contributed by atoms with E-state index in [9.17, 15) is 0 Å². The standard InChI is InChI=1S/C53H39N9/c1-53(2)46-21-13-12-20-40(46)42-31-44-45(32-47(42)53)51(61(37-16-8-4-9-17-37)49-34-55-25-28-58-49)41-23-22-39(60(36-14-6-3-7-15-36)48-33-54-24-27-57-48)30-43(41)52(44)62(38-18-10-5-11-19-38)50-35-56-26-29-59-50/h3-35H,1-2H3. The SMILES string of the molecule is CC1(C)c2ccccc2-c2cc3c(N(c4ccccc4)c4cnccn4)c4cc(N(c5ccccc5)c5cnccn5)ccc4c(N(c4ccccc4)c4cnccn4)c3cc21. The van der Waals surface area contributed by atoms with E-state index < -0.39 is 0 Å². The van der Waals surface area contributed by atoms with Crippen LogP contribution in [0.1, 0.15) is 25.0 Å². The zero-order chi connectivity index (χ0) is 41.6. The van der Waals surface area contributed by atoms with E-state index in [0.29, 0.717) is 17.5 Å². The molecule has 9 heteroatoms. The van der Waals surface area contributed by atoms with E-state index in [1.54, 1.807) is 43.4 Å². The second-order valence-electron chi connectivity index (χ2n) is 15.7. The molecule has 62 heavy (non-hydrogen) atoms. The molecule has 7 aromatic carbocycles. The molecule has 0 amide bonds. The van der Waals surface area contributed by atoms with E-state index in [2.05, 4.69) is 159 Å². The minimum atomic E-state index is -0.266. The highest BCUT2D eigenvalue weighted by Crippen LogP contribution is 2.56. The predicted molar refractivity (Wildman–Crippen MR) is 250 cm³/mol. The lowest BCUT2D eigenvalue weighted by molar-refractivity contribution is 0.661. The Labute approximate surface area is 359 Å². The number of rotatable bonds is 9. The topological polar surface area (TPSA) is 87.1 Å². The molecule has 0 saturated heterocycles. The summed E-state index contributed by atoms with van der Waals surface area (Å²) >= 11 is 0. The summed E-state index contributed by atoms with van der Waals surface area (Å²) < 4.78 is 0. The van der Waals surface area contributed by atoms with Crippen LogP contribution in [-0.4, -0.2) is 29.9 Å². The lowest BCUT2D eigenvalue weighted by Crippen LogP contribution is -2.18. The summed E-state index contributed by atoms with van der Waals surface area (Å²) in [5.41, 5.74) is 10.4. The minimum Gasteiger partial charge on any atom is -0.294 e. The van der Waals surface area contributed by atoms with Crippen molar-refractivity contribution in [3.8, 4) is 11.1 Å². The lowest BCUT2D eigenvalue weighted by atomic mass is 9.81. The number of para-hydroxylation sites is 3. The van der Waals surface area contributed by atoms with Crippen molar-refractivity contribution in [3.63, 3.8) is 0 Å². The molecule has 0 radical (unpaired) electrons. The molecule has 0 aliphatic heterocycles. The van der Waals surface area contributed by atoms with Gasteiger partial charge in [-0.2, -0.15) is 0 Å². The van der Waals surface area contributed by atoms with Crippen LogP contribution in [0.25, 0.3) is 32.7 Å². The molecule has 3 aromatic heterocycles. The van der Waals surface area contributed by atoms with Crippen LogP contribution in [0.3, 0.4) is 0 Å². The largest absolute Gasteiger partial charge is 0.294 e. The summed E-state index contributed by atoms with van der Waals surface area (Å²) in [5, 5.41) is 4.05. The Morgan fingerprint density at radius 1 is 0.355 bits per heavy atom. The van der Waals surface area contributed by atoms with Gasteiger partial charge in [0.15, 0.2) is 17.5 Å². The molecule has 1 aliphatic carbocycles. The van der Waals surface area contributed by atoms with Crippen LogP contribution in [0.5, 0.6) is 0 Å². The Hall–Kier alpha value is -8.30. The summed E-state index contributed by atoms with van der Waals surface area (Å²) in [4.78, 5) is 35.2. The van der Waals surface area contributed by atoms with E-state index >= 15 is 0 Å². The number of anilines is 9. The van der Waals surface area contributed by atoms with Crippen molar-refractivity contribution in [3.05, 3.63) is 212 Å². The number of hydrogen-bond donors (Lipinski definition) is 0. The summed E-state index contributed by atoms with van der Waals surface area (Å²) in [6, 6.07) is 51.4. The van der Waals surface area contributed by atoms with E-state index in [0.717, 1.165) is 55.7 Å². The van der Waals surface area contributed by atoms with Crippen molar-refractivity contribution in [1.29, 1.82) is 0 Å². The summed E-state index contributed by atoms with van der Waals surface area (Å²) in [7, 11) is 0. The van der Waals surface area contributed by atoms with Gasteiger partial charge in [-0.1, -0.05) is 98.8 Å². The number of hydrogen-bond acceptors (Lipinski definition) is 9. The first kappa shape index (κ1) is 36.8. The van der Waals surface area contributed by atoms with Gasteiger partial charge >= 0.3 is 0 Å². The van der Waals surface area contributed by atoms with Gasteiger partial charge in [0.1, 0.15) is 0 Å². The van der Waals surface area contributed by atoms with Gasteiger partial charge in [0.05, 0.1) is 30.0 Å². The average molecular weight is 802 g/mol. The Bertz CT molecular complexity index is 3090. The molecular formula is C53H39N9. The lowest BCUT2D eigenvalue weighted by Gasteiger charge is -2.33. The van der Waals surface area contributed by atoms with Crippen LogP contribution in [0.15, 0.2) is 201 Å². The third-order valence-corrected chi connectivity index (χ3v) is 11.8. The van der Waals surface area contributed by atoms with Gasteiger partial charge in [0, 0.05) is 86.9 Å². The molecule has 10 aromatic rings. The van der Waals surface area contributed by atoms with Gasteiger partial charge in [-0.25, -0.2) is 15.0 Å². The Morgan fingerprint density at radius 3 is 1.34 bits per heavy atom. The van der Waals surface area contributed by atoms with Crippen LogP contribution in [-0.2, 0) is 5.41 Å². The highest BCUT2D eigenvalue weighted by Gasteiger charge is 2.37. The van der Waals surface area contributed by atoms with Crippen molar-refractivity contribution in [2.45, 2.75) is 19.3 Å². The quantitative estimate of drug-likeness (QED) is 0.105. The highest BCUT2D eigenvalue weighted by molar-refractivity contribution is 6.24. The van der Waals surface area contributed by atoms with Crippen LogP contribution in [0, 0.1) is 0 Å². The second kappa shape index (κ2) is 15.1. The van der Waals surface area contributed by atoms with Gasteiger partial charge < -0.3 is 0 Å². The van der Waals surface area contributed by atoms with Crippen LogP contribution in [0.2, 0.25) is 0 Å². The molecule has 9 nitrogen and oxygen atoms in total. The second-order valence-corrected chi connectivity index (χ2v) is 15.7. The van der Waals surface area contributed by atoms with E-state index in [1.165, 1.54) is 22.3 Å². The highest BCUT2D eigenvalue weighted by atomic mass is 15.2. The van der Waals surface area contributed by atoms with Crippen molar-refractivity contribution < 1.29 is 0 Å². The van der Waals surface area contributed by atoms with E-state index in [1.807, 2.05) is 42.7 Å². The first-order chi connectivity index (χ1) is 30.6. The third kappa shape index (κ3) is 6.09. The molecule has 0 fully saturated rings. The molecule has 0 unspecified atom stereocenters. The molecule has 11 rings (SSSR count). The maximum atomic E-state index is 4.99. The molecular weight excluding hydrogens is 763 g/mol. The Morgan fingerprint density at radius 2 is 0.806 bits per heavy atom. The van der Waals surface area contributed by atoms with Gasteiger partial charge in [0.25, 0.3) is 0 Å².